The fourth-order valence-electron chi connectivity index (χ4n) is 3.07. The van der Waals surface area contributed by atoms with Gasteiger partial charge >= 0.3 is 0 Å². The summed E-state index contributed by atoms with van der Waals surface area (Å²) in [5.74, 6) is -0.621. The van der Waals surface area contributed by atoms with Crippen molar-refractivity contribution < 1.29 is 9.59 Å². The Bertz CT molecular complexity index is 515. The molecule has 1 heterocycles. The second kappa shape index (κ2) is 5.45. The Morgan fingerprint density at radius 1 is 1.37 bits per heavy atom. The van der Waals surface area contributed by atoms with Gasteiger partial charge in [-0.05, 0) is 23.5 Å². The molecule has 1 fully saturated rings. The van der Waals surface area contributed by atoms with Crippen molar-refractivity contribution in [3.8, 4) is 0 Å². The van der Waals surface area contributed by atoms with Crippen LogP contribution in [0.4, 0.5) is 0 Å². The van der Waals surface area contributed by atoms with Crippen LogP contribution in [0.2, 0.25) is 0 Å². The van der Waals surface area contributed by atoms with Crippen LogP contribution in [0.25, 0.3) is 0 Å². The Labute approximate surface area is 121 Å². The third-order valence-electron chi connectivity index (χ3n) is 3.82. The Hall–Kier alpha value is -1.16. The van der Waals surface area contributed by atoms with E-state index < -0.39 is 0 Å². The van der Waals surface area contributed by atoms with Crippen LogP contribution in [-0.4, -0.2) is 11.8 Å². The number of hydrogen-bond donors (Lipinski definition) is 1. The van der Waals surface area contributed by atoms with Gasteiger partial charge in [-0.25, -0.2) is 0 Å². The number of hydrogen-bond acceptors (Lipinski definition) is 2. The van der Waals surface area contributed by atoms with E-state index in [1.165, 1.54) is 0 Å². The van der Waals surface area contributed by atoms with E-state index in [1.807, 2.05) is 31.2 Å². The largest absolute Gasteiger partial charge is 0.296 e. The fraction of sp³-hybridized carbons (Fsp3) is 0.467. The lowest BCUT2D eigenvalue weighted by molar-refractivity contribution is -0.139. The monoisotopic (exact) mass is 323 g/mol. The number of benzene rings is 1. The third-order valence-corrected chi connectivity index (χ3v) is 4.55. The molecule has 0 spiro atoms. The zero-order valence-corrected chi connectivity index (χ0v) is 12.8. The molecule has 1 aliphatic rings. The van der Waals surface area contributed by atoms with Crippen molar-refractivity contribution >= 4 is 27.7 Å². The second-order valence-electron chi connectivity index (χ2n) is 5.45. The Balaban J connectivity index is 2.47. The number of carbonyl (C=O) groups is 2. The summed E-state index contributed by atoms with van der Waals surface area (Å²) in [6.07, 6.45) is 2.22. The van der Waals surface area contributed by atoms with Crippen LogP contribution in [-0.2, 0) is 9.59 Å². The van der Waals surface area contributed by atoms with Crippen LogP contribution in [0.5, 0.6) is 0 Å². The number of piperidine rings is 1. The van der Waals surface area contributed by atoms with Crippen molar-refractivity contribution in [1.82, 2.24) is 5.32 Å². The van der Waals surface area contributed by atoms with Crippen LogP contribution in [0, 0.1) is 5.41 Å². The van der Waals surface area contributed by atoms with Crippen molar-refractivity contribution in [1.29, 1.82) is 0 Å². The zero-order valence-electron chi connectivity index (χ0n) is 11.2. The molecule has 2 amide bonds. The molecule has 1 aromatic carbocycles. The number of carbonyl (C=O) groups excluding carboxylic acids is 2. The molecule has 1 N–H and O–H groups in total. The van der Waals surface area contributed by atoms with Gasteiger partial charge in [0.1, 0.15) is 0 Å². The average molecular weight is 324 g/mol. The molecule has 2 atom stereocenters. The third kappa shape index (κ3) is 2.73. The van der Waals surface area contributed by atoms with E-state index in [0.717, 1.165) is 22.9 Å². The predicted octanol–water partition coefficient (Wildman–Crippen LogP) is 3.39. The van der Waals surface area contributed by atoms with Crippen molar-refractivity contribution in [2.24, 2.45) is 5.41 Å². The van der Waals surface area contributed by atoms with Gasteiger partial charge in [-0.2, -0.15) is 0 Å². The van der Waals surface area contributed by atoms with Gasteiger partial charge in [0, 0.05) is 10.9 Å². The maximum absolute atomic E-state index is 12.3. The number of amides is 2. The van der Waals surface area contributed by atoms with Crippen molar-refractivity contribution in [3.05, 3.63) is 34.3 Å². The first-order valence-electron chi connectivity index (χ1n) is 6.56. The molecule has 1 aromatic rings. The van der Waals surface area contributed by atoms with E-state index >= 15 is 0 Å². The first-order chi connectivity index (χ1) is 8.98. The minimum absolute atomic E-state index is 0.163. The quantitative estimate of drug-likeness (QED) is 0.867. The molecule has 2 unspecified atom stereocenters. The van der Waals surface area contributed by atoms with Gasteiger partial charge in [0.25, 0.3) is 0 Å². The standard InChI is InChI=1S/C15H18BrNO2/c1-3-8-15(2)9-12(18)17-14(19)13(15)10-6-4-5-7-11(10)16/h4-7,13H,3,8-9H2,1-2H3,(H,17,18,19). The maximum Gasteiger partial charge on any atom is 0.234 e. The van der Waals surface area contributed by atoms with Crippen molar-refractivity contribution in [3.63, 3.8) is 0 Å². The highest BCUT2D eigenvalue weighted by Gasteiger charge is 2.45. The molecular formula is C15H18BrNO2. The van der Waals surface area contributed by atoms with E-state index in [0.29, 0.717) is 6.42 Å². The SMILES string of the molecule is CCCC1(C)CC(=O)NC(=O)C1c1ccccc1Br. The first-order valence-corrected chi connectivity index (χ1v) is 7.35. The van der Waals surface area contributed by atoms with Gasteiger partial charge in [0.2, 0.25) is 11.8 Å². The average Bonchev–Trinajstić information content (AvgIpc) is 2.30. The Kier molecular flexibility index (Phi) is 4.09. The van der Waals surface area contributed by atoms with Crippen molar-refractivity contribution in [2.75, 3.05) is 0 Å². The van der Waals surface area contributed by atoms with E-state index in [-0.39, 0.29) is 23.1 Å². The minimum atomic E-state index is -0.307. The molecule has 0 aromatic heterocycles. The summed E-state index contributed by atoms with van der Waals surface area (Å²) in [6, 6.07) is 7.75. The fourth-order valence-corrected chi connectivity index (χ4v) is 3.58. The summed E-state index contributed by atoms with van der Waals surface area (Å²) in [4.78, 5) is 24.0. The van der Waals surface area contributed by atoms with Crippen LogP contribution in [0.3, 0.4) is 0 Å². The summed E-state index contributed by atoms with van der Waals surface area (Å²) in [5, 5.41) is 2.47. The highest BCUT2D eigenvalue weighted by molar-refractivity contribution is 9.10. The molecule has 102 valence electrons. The summed E-state index contributed by atoms with van der Waals surface area (Å²) < 4.78 is 0.923. The van der Waals surface area contributed by atoms with Gasteiger partial charge in [-0.15, -0.1) is 0 Å². The predicted molar refractivity (Wildman–Crippen MR) is 77.7 cm³/mol. The molecule has 1 saturated heterocycles. The van der Waals surface area contributed by atoms with Gasteiger partial charge in [0.05, 0.1) is 5.92 Å². The van der Waals surface area contributed by atoms with E-state index in [2.05, 4.69) is 28.2 Å². The molecule has 1 aliphatic heterocycles. The maximum atomic E-state index is 12.3. The van der Waals surface area contributed by atoms with Crippen LogP contribution >= 0.6 is 15.9 Å². The Morgan fingerprint density at radius 2 is 2.05 bits per heavy atom. The van der Waals surface area contributed by atoms with E-state index in [9.17, 15) is 9.59 Å². The van der Waals surface area contributed by atoms with E-state index in [4.69, 9.17) is 0 Å². The van der Waals surface area contributed by atoms with Crippen LogP contribution in [0.1, 0.15) is 44.6 Å². The lowest BCUT2D eigenvalue weighted by atomic mass is 9.66. The topological polar surface area (TPSA) is 46.2 Å². The zero-order chi connectivity index (χ0) is 14.0. The first kappa shape index (κ1) is 14.3. The molecule has 0 bridgehead atoms. The molecule has 0 aliphatic carbocycles. The lowest BCUT2D eigenvalue weighted by Crippen LogP contribution is -2.49. The Morgan fingerprint density at radius 3 is 2.68 bits per heavy atom. The minimum Gasteiger partial charge on any atom is -0.296 e. The highest BCUT2D eigenvalue weighted by atomic mass is 79.9. The van der Waals surface area contributed by atoms with Gasteiger partial charge in [-0.1, -0.05) is 54.4 Å². The number of rotatable bonds is 3. The highest BCUT2D eigenvalue weighted by Crippen LogP contribution is 2.46. The van der Waals surface area contributed by atoms with Gasteiger partial charge < -0.3 is 0 Å². The lowest BCUT2D eigenvalue weighted by Gasteiger charge is -2.40. The summed E-state index contributed by atoms with van der Waals surface area (Å²) >= 11 is 3.51. The van der Waals surface area contributed by atoms with Crippen LogP contribution in [0.15, 0.2) is 28.7 Å². The summed E-state index contributed by atoms with van der Waals surface area (Å²) in [7, 11) is 0. The summed E-state index contributed by atoms with van der Waals surface area (Å²) in [6.45, 7) is 4.12. The van der Waals surface area contributed by atoms with Crippen LogP contribution < -0.4 is 5.32 Å². The molecule has 4 heteroatoms. The number of imide groups is 1. The number of halogens is 1. The van der Waals surface area contributed by atoms with Crippen molar-refractivity contribution in [2.45, 2.75) is 39.0 Å². The van der Waals surface area contributed by atoms with E-state index in [1.54, 1.807) is 0 Å². The van der Waals surface area contributed by atoms with Gasteiger partial charge in [-0.3, -0.25) is 14.9 Å². The molecular weight excluding hydrogens is 306 g/mol. The molecule has 3 nitrogen and oxygen atoms in total. The molecule has 2 rings (SSSR count). The smallest absolute Gasteiger partial charge is 0.234 e. The summed E-state index contributed by atoms with van der Waals surface area (Å²) in [5.41, 5.74) is 0.654. The molecule has 0 radical (unpaired) electrons. The number of nitrogens with one attached hydrogen (secondary N) is 1. The second-order valence-corrected chi connectivity index (χ2v) is 6.30. The normalized spacial score (nSPS) is 27.2. The molecule has 0 saturated carbocycles. The van der Waals surface area contributed by atoms with Gasteiger partial charge in [0.15, 0.2) is 0 Å². The molecule has 19 heavy (non-hydrogen) atoms.